The maximum atomic E-state index is 12.7. The molecule has 0 heterocycles. The van der Waals surface area contributed by atoms with E-state index in [1.54, 1.807) is 24.3 Å². The normalized spacial score (nSPS) is 11.2. The average molecular weight is 277 g/mol. The highest BCUT2D eigenvalue weighted by molar-refractivity contribution is 5.71. The second-order valence-corrected chi connectivity index (χ2v) is 4.23. The van der Waals surface area contributed by atoms with Crippen molar-refractivity contribution in [2.24, 2.45) is 0 Å². The quantitative estimate of drug-likeness (QED) is 0.908. The van der Waals surface area contributed by atoms with Gasteiger partial charge in [-0.2, -0.15) is 18.4 Å². The van der Waals surface area contributed by atoms with Crippen molar-refractivity contribution in [3.05, 3.63) is 59.2 Å². The summed E-state index contributed by atoms with van der Waals surface area (Å²) >= 11 is 0. The first kappa shape index (κ1) is 14.1. The molecular weight excluding hydrogens is 267 g/mol. The van der Waals surface area contributed by atoms with Crippen LogP contribution in [-0.4, -0.2) is 5.11 Å². The van der Waals surface area contributed by atoms with Gasteiger partial charge in [0.25, 0.3) is 0 Å². The van der Waals surface area contributed by atoms with E-state index >= 15 is 0 Å². The monoisotopic (exact) mass is 277 g/mol. The zero-order valence-electron chi connectivity index (χ0n) is 10.3. The van der Waals surface area contributed by atoms with Crippen molar-refractivity contribution in [2.75, 3.05) is 0 Å². The lowest BCUT2D eigenvalue weighted by Crippen LogP contribution is -2.05. The summed E-state index contributed by atoms with van der Waals surface area (Å²) in [6.45, 7) is -0.214. The summed E-state index contributed by atoms with van der Waals surface area (Å²) < 4.78 is 38.2. The third kappa shape index (κ3) is 2.81. The molecule has 2 aromatic rings. The van der Waals surface area contributed by atoms with Gasteiger partial charge in [-0.1, -0.05) is 18.2 Å². The molecule has 0 saturated carbocycles. The number of hydrogen-bond donors (Lipinski definition) is 1. The lowest BCUT2D eigenvalue weighted by molar-refractivity contribution is -0.137. The van der Waals surface area contributed by atoms with Crippen LogP contribution in [0, 0.1) is 11.3 Å². The Hall–Kier alpha value is -2.32. The largest absolute Gasteiger partial charge is 0.416 e. The second-order valence-electron chi connectivity index (χ2n) is 4.23. The fourth-order valence-corrected chi connectivity index (χ4v) is 1.89. The van der Waals surface area contributed by atoms with Gasteiger partial charge in [-0.05, 0) is 35.4 Å². The van der Waals surface area contributed by atoms with Crippen LogP contribution in [0.4, 0.5) is 13.2 Å². The number of aliphatic hydroxyl groups is 1. The molecule has 0 aliphatic heterocycles. The van der Waals surface area contributed by atoms with Gasteiger partial charge in [-0.3, -0.25) is 0 Å². The molecule has 0 bridgehead atoms. The molecule has 0 fully saturated rings. The highest BCUT2D eigenvalue weighted by Gasteiger charge is 2.31. The zero-order valence-corrected chi connectivity index (χ0v) is 10.3. The summed E-state index contributed by atoms with van der Waals surface area (Å²) in [5.74, 6) is 0. The summed E-state index contributed by atoms with van der Waals surface area (Å²) in [6.07, 6.45) is -4.46. The first-order valence-electron chi connectivity index (χ1n) is 5.77. The minimum absolute atomic E-state index is 0.160. The van der Waals surface area contributed by atoms with Gasteiger partial charge in [0.1, 0.15) is 0 Å². The van der Waals surface area contributed by atoms with Crippen molar-refractivity contribution in [1.29, 1.82) is 5.26 Å². The van der Waals surface area contributed by atoms with Crippen LogP contribution in [-0.2, 0) is 12.8 Å². The molecule has 20 heavy (non-hydrogen) atoms. The fourth-order valence-electron chi connectivity index (χ4n) is 1.89. The molecular formula is C15H10F3NO. The number of benzene rings is 2. The van der Waals surface area contributed by atoms with E-state index in [0.29, 0.717) is 11.1 Å². The van der Waals surface area contributed by atoms with E-state index in [9.17, 15) is 13.2 Å². The number of hydrogen-bond acceptors (Lipinski definition) is 2. The van der Waals surface area contributed by atoms with E-state index in [1.165, 1.54) is 0 Å². The van der Waals surface area contributed by atoms with Crippen LogP contribution in [0.3, 0.4) is 0 Å². The molecule has 0 radical (unpaired) electrons. The van der Waals surface area contributed by atoms with E-state index in [2.05, 4.69) is 0 Å². The Balaban J connectivity index is 2.62. The standard InChI is InChI=1S/C15H10F3NO/c16-15(17,18)13-5-4-12(8-19)14(7-13)11-3-1-2-10(6-11)9-20/h1-7,20H,9H2. The van der Waals surface area contributed by atoms with Gasteiger partial charge in [0.2, 0.25) is 0 Å². The molecule has 0 atom stereocenters. The average Bonchev–Trinajstić information content (AvgIpc) is 2.45. The van der Waals surface area contributed by atoms with Crippen LogP contribution in [0.1, 0.15) is 16.7 Å². The van der Waals surface area contributed by atoms with Gasteiger partial charge < -0.3 is 5.11 Å². The van der Waals surface area contributed by atoms with Crippen molar-refractivity contribution in [3.63, 3.8) is 0 Å². The molecule has 0 aliphatic carbocycles. The molecule has 0 saturated heterocycles. The number of nitriles is 1. The Bertz CT molecular complexity index is 672. The topological polar surface area (TPSA) is 44.0 Å². The van der Waals surface area contributed by atoms with Crippen molar-refractivity contribution >= 4 is 0 Å². The summed E-state index contributed by atoms with van der Waals surface area (Å²) in [5, 5.41) is 18.1. The van der Waals surface area contributed by atoms with Gasteiger partial charge in [0.05, 0.1) is 23.8 Å². The van der Waals surface area contributed by atoms with Gasteiger partial charge >= 0.3 is 6.18 Å². The predicted molar refractivity (Wildman–Crippen MR) is 67.5 cm³/mol. The fraction of sp³-hybridized carbons (Fsp3) is 0.133. The van der Waals surface area contributed by atoms with E-state index in [0.717, 1.165) is 18.2 Å². The Morgan fingerprint density at radius 1 is 1.10 bits per heavy atom. The number of aliphatic hydroxyl groups excluding tert-OH is 1. The van der Waals surface area contributed by atoms with E-state index in [4.69, 9.17) is 10.4 Å². The van der Waals surface area contributed by atoms with E-state index in [1.807, 2.05) is 6.07 Å². The maximum absolute atomic E-state index is 12.7. The smallest absolute Gasteiger partial charge is 0.392 e. The molecule has 2 nitrogen and oxygen atoms in total. The molecule has 0 aliphatic rings. The molecule has 0 amide bonds. The zero-order chi connectivity index (χ0) is 14.8. The minimum Gasteiger partial charge on any atom is -0.392 e. The van der Waals surface area contributed by atoms with E-state index < -0.39 is 11.7 Å². The molecule has 5 heteroatoms. The molecule has 0 spiro atoms. The maximum Gasteiger partial charge on any atom is 0.416 e. The number of halogens is 3. The van der Waals surface area contributed by atoms with Gasteiger partial charge in [0, 0.05) is 5.56 Å². The first-order valence-corrected chi connectivity index (χ1v) is 5.77. The number of alkyl halides is 3. The van der Waals surface area contributed by atoms with Crippen LogP contribution in [0.15, 0.2) is 42.5 Å². The molecule has 102 valence electrons. The third-order valence-corrected chi connectivity index (χ3v) is 2.89. The van der Waals surface area contributed by atoms with Crippen molar-refractivity contribution in [3.8, 4) is 17.2 Å². The Morgan fingerprint density at radius 2 is 1.85 bits per heavy atom. The SMILES string of the molecule is N#Cc1ccc(C(F)(F)F)cc1-c1cccc(CO)c1. The summed E-state index contributed by atoms with van der Waals surface area (Å²) in [4.78, 5) is 0. The summed E-state index contributed by atoms with van der Waals surface area (Å²) in [7, 11) is 0. The van der Waals surface area contributed by atoms with Crippen LogP contribution in [0.25, 0.3) is 11.1 Å². The number of rotatable bonds is 2. The molecule has 1 N–H and O–H groups in total. The number of nitrogens with zero attached hydrogens (tertiary/aromatic N) is 1. The molecule has 2 aromatic carbocycles. The first-order chi connectivity index (χ1) is 9.45. The molecule has 2 rings (SSSR count). The van der Waals surface area contributed by atoms with Crippen LogP contribution >= 0.6 is 0 Å². The molecule has 0 unspecified atom stereocenters. The third-order valence-electron chi connectivity index (χ3n) is 2.89. The van der Waals surface area contributed by atoms with Gasteiger partial charge in [0.15, 0.2) is 0 Å². The van der Waals surface area contributed by atoms with Crippen LogP contribution in [0.5, 0.6) is 0 Å². The Kier molecular flexibility index (Phi) is 3.77. The predicted octanol–water partition coefficient (Wildman–Crippen LogP) is 3.74. The van der Waals surface area contributed by atoms with Crippen LogP contribution < -0.4 is 0 Å². The minimum atomic E-state index is -4.46. The Morgan fingerprint density at radius 3 is 2.45 bits per heavy atom. The Labute approximate surface area is 113 Å². The highest BCUT2D eigenvalue weighted by atomic mass is 19.4. The van der Waals surface area contributed by atoms with E-state index in [-0.39, 0.29) is 17.7 Å². The van der Waals surface area contributed by atoms with Crippen molar-refractivity contribution < 1.29 is 18.3 Å². The van der Waals surface area contributed by atoms with Crippen molar-refractivity contribution in [1.82, 2.24) is 0 Å². The second kappa shape index (κ2) is 5.35. The summed E-state index contributed by atoms with van der Waals surface area (Å²) in [5.41, 5.74) is 0.606. The van der Waals surface area contributed by atoms with Gasteiger partial charge in [-0.15, -0.1) is 0 Å². The lowest BCUT2D eigenvalue weighted by Gasteiger charge is -2.11. The lowest BCUT2D eigenvalue weighted by atomic mass is 9.96. The summed E-state index contributed by atoms with van der Waals surface area (Å²) in [6, 6.07) is 11.3. The van der Waals surface area contributed by atoms with Gasteiger partial charge in [-0.25, -0.2) is 0 Å². The van der Waals surface area contributed by atoms with Crippen LogP contribution in [0.2, 0.25) is 0 Å². The van der Waals surface area contributed by atoms with Crippen molar-refractivity contribution in [2.45, 2.75) is 12.8 Å². The highest BCUT2D eigenvalue weighted by Crippen LogP contribution is 2.34. The molecule has 0 aromatic heterocycles.